The maximum Gasteiger partial charge on any atom is 0.135 e. The zero-order valence-corrected chi connectivity index (χ0v) is 25.1. The number of allylic oxidation sites excluding steroid dienone is 5. The zero-order chi connectivity index (χ0) is 30.5. The second kappa shape index (κ2) is 12.9. The third-order valence-electron chi connectivity index (χ3n) is 7.19. The Hall–Kier alpha value is -5.02. The van der Waals surface area contributed by atoms with Crippen molar-refractivity contribution in [3.05, 3.63) is 103 Å². The number of nitrogens with one attached hydrogen (secondary N) is 4. The number of aromatic amines is 2. The Kier molecular flexibility index (Phi) is 8.82. The first-order valence-electron chi connectivity index (χ1n) is 14.3. The molecule has 5 rings (SSSR count). The minimum atomic E-state index is -0.310. The highest BCUT2D eigenvalue weighted by atomic mass is 19.1. The van der Waals surface area contributed by atoms with Crippen LogP contribution in [0.25, 0.3) is 50.0 Å². The number of benzene rings is 1. The molecule has 0 unspecified atom stereocenters. The molecule has 4 heterocycles. The third-order valence-corrected chi connectivity index (χ3v) is 7.19. The number of nitrogens with zero attached hydrogens (tertiary/aromatic N) is 4. The molecule has 4 aromatic heterocycles. The molecule has 220 valence electrons. The summed E-state index contributed by atoms with van der Waals surface area (Å²) in [6, 6.07) is 11.0. The lowest BCUT2D eigenvalue weighted by Crippen LogP contribution is -2.20. The van der Waals surface area contributed by atoms with Gasteiger partial charge in [-0.1, -0.05) is 26.2 Å². The molecular weight excluding hydrogens is 539 g/mol. The van der Waals surface area contributed by atoms with Crippen LogP contribution in [0.4, 0.5) is 10.1 Å². The van der Waals surface area contributed by atoms with Crippen LogP contribution in [0, 0.1) is 5.82 Å². The smallest absolute Gasteiger partial charge is 0.135 e. The molecule has 0 radical (unpaired) electrons. The summed E-state index contributed by atoms with van der Waals surface area (Å²) in [6.07, 6.45) is 10.1. The second-order valence-corrected chi connectivity index (χ2v) is 10.6. The van der Waals surface area contributed by atoms with Crippen molar-refractivity contribution in [2.75, 3.05) is 32.5 Å². The molecule has 0 saturated carbocycles. The van der Waals surface area contributed by atoms with Gasteiger partial charge in [-0.2, -0.15) is 5.10 Å². The van der Waals surface area contributed by atoms with Crippen molar-refractivity contribution >= 4 is 33.2 Å². The normalized spacial score (nSPS) is 12.3. The van der Waals surface area contributed by atoms with E-state index in [-0.39, 0.29) is 5.82 Å². The lowest BCUT2D eigenvalue weighted by molar-refractivity contribution is 0.425. The molecule has 43 heavy (non-hydrogen) atoms. The van der Waals surface area contributed by atoms with Gasteiger partial charge in [-0.25, -0.2) is 9.37 Å². The van der Waals surface area contributed by atoms with E-state index in [4.69, 9.17) is 4.98 Å². The first kappa shape index (κ1) is 29.5. The van der Waals surface area contributed by atoms with Crippen molar-refractivity contribution < 1.29 is 4.39 Å². The van der Waals surface area contributed by atoms with E-state index in [2.05, 4.69) is 48.9 Å². The first-order chi connectivity index (χ1) is 20.8. The number of halogens is 1. The summed E-state index contributed by atoms with van der Waals surface area (Å²) >= 11 is 0. The number of fused-ring (bicyclic) bond motifs is 2. The predicted molar refractivity (Wildman–Crippen MR) is 176 cm³/mol. The Morgan fingerprint density at radius 1 is 1.12 bits per heavy atom. The van der Waals surface area contributed by atoms with Crippen LogP contribution in [0.2, 0.25) is 0 Å². The Morgan fingerprint density at radius 3 is 2.70 bits per heavy atom. The molecule has 0 atom stereocenters. The van der Waals surface area contributed by atoms with Crippen molar-refractivity contribution in [3.8, 4) is 22.5 Å². The highest BCUT2D eigenvalue weighted by molar-refractivity contribution is 6.00. The summed E-state index contributed by atoms with van der Waals surface area (Å²) < 4.78 is 14.7. The van der Waals surface area contributed by atoms with E-state index >= 15 is 0 Å². The van der Waals surface area contributed by atoms with Gasteiger partial charge in [0.2, 0.25) is 0 Å². The summed E-state index contributed by atoms with van der Waals surface area (Å²) in [5.41, 5.74) is 9.61. The largest absolute Gasteiger partial charge is 0.384 e. The van der Waals surface area contributed by atoms with Crippen LogP contribution in [0.5, 0.6) is 0 Å². The fourth-order valence-corrected chi connectivity index (χ4v) is 4.84. The van der Waals surface area contributed by atoms with E-state index in [1.165, 1.54) is 12.1 Å². The summed E-state index contributed by atoms with van der Waals surface area (Å²) in [5, 5.41) is 15.2. The molecule has 9 heteroatoms. The van der Waals surface area contributed by atoms with Crippen LogP contribution in [0.3, 0.4) is 0 Å². The van der Waals surface area contributed by atoms with Crippen LogP contribution in [-0.4, -0.2) is 57.2 Å². The summed E-state index contributed by atoms with van der Waals surface area (Å²) in [4.78, 5) is 15.0. The standard InChI is InChI=1S/C34H37FN8/c1-7-21(4)38-25(9-3)15-22(8-2)29-10-11-30-33(40-29)34(42-41-30)31-18-27-28(19-36-20-32(27)39-31)23-14-24(35)17-26(16-23)37-12-13-43(5)6/h8-11,14-20,37-39H,3-4,7,12-13H2,1-2,5-6H3,(H,41,42)/b22-8+,25-15+. The lowest BCUT2D eigenvalue weighted by atomic mass is 10.0. The van der Waals surface area contributed by atoms with Crippen molar-refractivity contribution in [3.63, 3.8) is 0 Å². The molecule has 8 nitrogen and oxygen atoms in total. The number of anilines is 1. The molecule has 0 aliphatic rings. The van der Waals surface area contributed by atoms with E-state index in [9.17, 15) is 4.39 Å². The molecule has 5 aromatic rings. The average Bonchev–Trinajstić information content (AvgIpc) is 3.62. The van der Waals surface area contributed by atoms with Gasteiger partial charge in [-0.15, -0.1) is 0 Å². The van der Waals surface area contributed by atoms with Gasteiger partial charge in [0.1, 0.15) is 17.0 Å². The van der Waals surface area contributed by atoms with E-state index in [1.54, 1.807) is 18.5 Å². The van der Waals surface area contributed by atoms with E-state index in [0.29, 0.717) is 12.2 Å². The second-order valence-electron chi connectivity index (χ2n) is 10.6. The molecule has 4 N–H and O–H groups in total. The van der Waals surface area contributed by atoms with Crippen molar-refractivity contribution in [2.24, 2.45) is 0 Å². The van der Waals surface area contributed by atoms with E-state index in [0.717, 1.165) is 80.1 Å². The summed E-state index contributed by atoms with van der Waals surface area (Å²) in [6.45, 7) is 13.5. The molecule has 0 amide bonds. The van der Waals surface area contributed by atoms with Gasteiger partial charge >= 0.3 is 0 Å². The Morgan fingerprint density at radius 2 is 1.95 bits per heavy atom. The lowest BCUT2D eigenvalue weighted by Gasteiger charge is -2.13. The zero-order valence-electron chi connectivity index (χ0n) is 25.1. The van der Waals surface area contributed by atoms with E-state index < -0.39 is 0 Å². The topological polar surface area (TPSA) is 97.5 Å². The van der Waals surface area contributed by atoms with Crippen LogP contribution < -0.4 is 10.6 Å². The molecule has 0 spiro atoms. The van der Waals surface area contributed by atoms with Gasteiger partial charge in [-0.3, -0.25) is 10.1 Å². The predicted octanol–water partition coefficient (Wildman–Crippen LogP) is 7.27. The van der Waals surface area contributed by atoms with Gasteiger partial charge in [0.15, 0.2) is 0 Å². The number of rotatable bonds is 12. The van der Waals surface area contributed by atoms with Gasteiger partial charge < -0.3 is 20.5 Å². The molecule has 0 bridgehead atoms. The molecule has 1 aromatic carbocycles. The van der Waals surface area contributed by atoms with Crippen molar-refractivity contribution in [1.82, 2.24) is 35.4 Å². The fraction of sp³-hybridized carbons (Fsp3) is 0.206. The summed E-state index contributed by atoms with van der Waals surface area (Å²) in [7, 11) is 4.01. The van der Waals surface area contributed by atoms with Gasteiger partial charge in [0.05, 0.1) is 28.6 Å². The Labute approximate surface area is 251 Å². The van der Waals surface area contributed by atoms with E-state index in [1.807, 2.05) is 64.4 Å². The maximum atomic E-state index is 14.7. The number of aromatic nitrogens is 5. The number of pyridine rings is 2. The highest BCUT2D eigenvalue weighted by Gasteiger charge is 2.16. The minimum Gasteiger partial charge on any atom is -0.384 e. The Balaban J connectivity index is 1.52. The minimum absolute atomic E-state index is 0.310. The van der Waals surface area contributed by atoms with Crippen molar-refractivity contribution in [2.45, 2.75) is 20.3 Å². The van der Waals surface area contributed by atoms with Crippen molar-refractivity contribution in [1.29, 1.82) is 0 Å². The Bertz CT molecular complexity index is 1860. The molecule has 0 aliphatic heterocycles. The van der Waals surface area contributed by atoms with Gasteiger partial charge in [-0.05, 0) is 87.1 Å². The van der Waals surface area contributed by atoms with Gasteiger partial charge in [0, 0.05) is 47.3 Å². The van der Waals surface area contributed by atoms with Crippen LogP contribution in [0.15, 0.2) is 91.6 Å². The number of hydrogen-bond acceptors (Lipinski definition) is 6. The monoisotopic (exact) mass is 576 g/mol. The number of hydrogen-bond donors (Lipinski definition) is 4. The maximum absolute atomic E-state index is 14.7. The van der Waals surface area contributed by atoms with Crippen LogP contribution in [0.1, 0.15) is 26.0 Å². The van der Waals surface area contributed by atoms with Crippen LogP contribution >= 0.6 is 0 Å². The number of likely N-dealkylation sites (N-methyl/N-ethyl adjacent to an activating group) is 1. The molecule has 0 fully saturated rings. The molecule has 0 saturated heterocycles. The van der Waals surface area contributed by atoms with Gasteiger partial charge in [0.25, 0.3) is 0 Å². The average molecular weight is 577 g/mol. The fourth-order valence-electron chi connectivity index (χ4n) is 4.84. The molecular formula is C34H37FN8. The van der Waals surface area contributed by atoms with Crippen LogP contribution in [-0.2, 0) is 0 Å². The first-order valence-corrected chi connectivity index (χ1v) is 14.3. The third kappa shape index (κ3) is 6.57. The number of H-pyrrole nitrogens is 2. The SMILES string of the molecule is C=C/C(=C\C(=C/C)c1ccc2[nH]nc(-c3cc4c(-c5cc(F)cc(NCCN(C)C)c5)cncc4[nH]3)c2n1)NC(=C)CC. The molecule has 0 aliphatic carbocycles. The quantitative estimate of drug-likeness (QED) is 0.117. The summed E-state index contributed by atoms with van der Waals surface area (Å²) in [5.74, 6) is -0.310. The highest BCUT2D eigenvalue weighted by Crippen LogP contribution is 2.34.